The molecule has 0 radical (unpaired) electrons. The highest BCUT2D eigenvalue weighted by Crippen LogP contribution is 2.27. The van der Waals surface area contributed by atoms with Crippen molar-refractivity contribution >= 4 is 11.8 Å². The van der Waals surface area contributed by atoms with Gasteiger partial charge in [0.25, 0.3) is 0 Å². The van der Waals surface area contributed by atoms with Crippen LogP contribution >= 0.6 is 11.8 Å². The van der Waals surface area contributed by atoms with Crippen molar-refractivity contribution in [3.05, 3.63) is 35.4 Å². The largest absolute Gasteiger partial charge is 0.245 e. The normalized spacial score (nSPS) is 9.94. The van der Waals surface area contributed by atoms with Gasteiger partial charge in [0.15, 0.2) is 0 Å². The SMILES string of the molecule is Cc1nnc(Sc2ccncn2)c(C#N)c1C. The molecule has 6 heteroatoms. The average Bonchev–Trinajstić information content (AvgIpc) is 2.36. The van der Waals surface area contributed by atoms with E-state index in [0.717, 1.165) is 16.3 Å². The Morgan fingerprint density at radius 2 is 2.12 bits per heavy atom. The summed E-state index contributed by atoms with van der Waals surface area (Å²) in [5.41, 5.74) is 2.19. The maximum atomic E-state index is 9.14. The number of aryl methyl sites for hydroxylation is 1. The molecule has 2 heterocycles. The van der Waals surface area contributed by atoms with Crippen LogP contribution in [0, 0.1) is 25.2 Å². The average molecular weight is 243 g/mol. The van der Waals surface area contributed by atoms with E-state index in [1.807, 2.05) is 13.8 Å². The maximum Gasteiger partial charge on any atom is 0.143 e. The van der Waals surface area contributed by atoms with E-state index in [0.29, 0.717) is 10.6 Å². The Morgan fingerprint density at radius 1 is 1.29 bits per heavy atom. The highest BCUT2D eigenvalue weighted by Gasteiger charge is 2.12. The van der Waals surface area contributed by atoms with Crippen LogP contribution in [-0.4, -0.2) is 20.2 Å². The van der Waals surface area contributed by atoms with Gasteiger partial charge in [0.05, 0.1) is 11.3 Å². The van der Waals surface area contributed by atoms with Crippen LogP contribution in [-0.2, 0) is 0 Å². The van der Waals surface area contributed by atoms with E-state index in [-0.39, 0.29) is 0 Å². The first kappa shape index (κ1) is 11.5. The lowest BCUT2D eigenvalue weighted by Crippen LogP contribution is -1.99. The molecule has 2 rings (SSSR count). The predicted octanol–water partition coefficient (Wildman–Crippen LogP) is 1.91. The maximum absolute atomic E-state index is 9.14. The molecule has 0 aromatic carbocycles. The molecule has 0 saturated heterocycles. The Balaban J connectivity index is 2.41. The molecule has 0 aliphatic rings. The fourth-order valence-corrected chi connectivity index (χ4v) is 2.04. The smallest absolute Gasteiger partial charge is 0.143 e. The molecule has 0 amide bonds. The van der Waals surface area contributed by atoms with Gasteiger partial charge in [0.1, 0.15) is 22.4 Å². The highest BCUT2D eigenvalue weighted by molar-refractivity contribution is 7.99. The number of rotatable bonds is 2. The van der Waals surface area contributed by atoms with E-state index in [9.17, 15) is 0 Å². The minimum atomic E-state index is 0.557. The lowest BCUT2D eigenvalue weighted by Gasteiger charge is -2.05. The standard InChI is InChI=1S/C11H9N5S/c1-7-8(2)15-16-11(9(7)5-12)17-10-3-4-13-6-14-10/h3-4,6H,1-2H3. The summed E-state index contributed by atoms with van der Waals surface area (Å²) in [4.78, 5) is 7.91. The monoisotopic (exact) mass is 243 g/mol. The summed E-state index contributed by atoms with van der Waals surface area (Å²) in [6, 6.07) is 3.92. The molecular formula is C11H9N5S. The molecule has 0 spiro atoms. The fourth-order valence-electron chi connectivity index (χ4n) is 1.23. The van der Waals surface area contributed by atoms with Crippen molar-refractivity contribution in [3.63, 3.8) is 0 Å². The molecular weight excluding hydrogens is 234 g/mol. The van der Waals surface area contributed by atoms with Gasteiger partial charge in [0, 0.05) is 6.20 Å². The minimum Gasteiger partial charge on any atom is -0.245 e. The second-order valence-corrected chi connectivity index (χ2v) is 4.36. The Labute approximate surface area is 103 Å². The molecule has 84 valence electrons. The van der Waals surface area contributed by atoms with Crippen molar-refractivity contribution in [2.45, 2.75) is 23.9 Å². The summed E-state index contributed by atoms with van der Waals surface area (Å²) in [6.45, 7) is 3.70. The van der Waals surface area contributed by atoms with Crippen molar-refractivity contribution in [2.24, 2.45) is 0 Å². The number of aromatic nitrogens is 4. The van der Waals surface area contributed by atoms with Crippen molar-refractivity contribution in [2.75, 3.05) is 0 Å². The van der Waals surface area contributed by atoms with Crippen LogP contribution in [0.1, 0.15) is 16.8 Å². The second-order valence-electron chi connectivity index (χ2n) is 3.35. The molecule has 0 aliphatic carbocycles. The van der Waals surface area contributed by atoms with Crippen molar-refractivity contribution < 1.29 is 0 Å². The summed E-state index contributed by atoms with van der Waals surface area (Å²) >= 11 is 1.31. The molecule has 0 aliphatic heterocycles. The molecule has 0 fully saturated rings. The van der Waals surface area contributed by atoms with Crippen LogP contribution in [0.5, 0.6) is 0 Å². The first-order valence-corrected chi connectivity index (χ1v) is 5.72. The van der Waals surface area contributed by atoms with E-state index in [1.165, 1.54) is 18.1 Å². The number of hydrogen-bond donors (Lipinski definition) is 0. The first-order valence-electron chi connectivity index (χ1n) is 4.90. The van der Waals surface area contributed by atoms with E-state index >= 15 is 0 Å². The number of nitriles is 1. The van der Waals surface area contributed by atoms with Gasteiger partial charge >= 0.3 is 0 Å². The van der Waals surface area contributed by atoms with Crippen LogP contribution in [0.2, 0.25) is 0 Å². The van der Waals surface area contributed by atoms with E-state index in [1.54, 1.807) is 12.3 Å². The third-order valence-corrected chi connectivity index (χ3v) is 3.22. The molecule has 0 N–H and O–H groups in total. The number of hydrogen-bond acceptors (Lipinski definition) is 6. The van der Waals surface area contributed by atoms with Gasteiger partial charge in [0.2, 0.25) is 0 Å². The third kappa shape index (κ3) is 2.40. The summed E-state index contributed by atoms with van der Waals surface area (Å²) in [5, 5.41) is 18.5. The quantitative estimate of drug-likeness (QED) is 0.750. The van der Waals surface area contributed by atoms with E-state index < -0.39 is 0 Å². The van der Waals surface area contributed by atoms with Gasteiger partial charge < -0.3 is 0 Å². The third-order valence-electron chi connectivity index (χ3n) is 2.29. The zero-order valence-corrected chi connectivity index (χ0v) is 10.2. The van der Waals surface area contributed by atoms with Crippen LogP contribution in [0.4, 0.5) is 0 Å². The van der Waals surface area contributed by atoms with E-state index in [4.69, 9.17) is 5.26 Å². The molecule has 5 nitrogen and oxygen atoms in total. The molecule has 17 heavy (non-hydrogen) atoms. The van der Waals surface area contributed by atoms with Gasteiger partial charge in [-0.2, -0.15) is 10.4 Å². The van der Waals surface area contributed by atoms with Gasteiger partial charge in [-0.25, -0.2) is 9.97 Å². The zero-order valence-electron chi connectivity index (χ0n) is 9.38. The lowest BCUT2D eigenvalue weighted by molar-refractivity contribution is 0.868. The van der Waals surface area contributed by atoms with Crippen LogP contribution in [0.25, 0.3) is 0 Å². The van der Waals surface area contributed by atoms with Crippen molar-refractivity contribution in [1.82, 2.24) is 20.2 Å². The molecule has 2 aromatic heterocycles. The van der Waals surface area contributed by atoms with Gasteiger partial charge in [-0.1, -0.05) is 0 Å². The first-order chi connectivity index (χ1) is 8.22. The molecule has 0 saturated carbocycles. The number of nitrogens with zero attached hydrogens (tertiary/aromatic N) is 5. The summed E-state index contributed by atoms with van der Waals surface area (Å²) in [7, 11) is 0. The predicted molar refractivity (Wildman–Crippen MR) is 62.4 cm³/mol. The summed E-state index contributed by atoms with van der Waals surface area (Å²) in [6.07, 6.45) is 3.11. The fraction of sp³-hybridized carbons (Fsp3) is 0.182. The van der Waals surface area contributed by atoms with Gasteiger partial charge in [-0.15, -0.1) is 5.10 Å². The van der Waals surface area contributed by atoms with Crippen LogP contribution < -0.4 is 0 Å². The topological polar surface area (TPSA) is 75.3 Å². The Bertz CT molecular complexity index is 576. The van der Waals surface area contributed by atoms with Gasteiger partial charge in [-0.3, -0.25) is 0 Å². The molecule has 2 aromatic rings. The van der Waals surface area contributed by atoms with E-state index in [2.05, 4.69) is 26.2 Å². The molecule has 0 atom stereocenters. The van der Waals surface area contributed by atoms with Crippen LogP contribution in [0.3, 0.4) is 0 Å². The summed E-state index contributed by atoms with van der Waals surface area (Å²) < 4.78 is 0. The van der Waals surface area contributed by atoms with Crippen molar-refractivity contribution in [1.29, 1.82) is 5.26 Å². The Hall–Kier alpha value is -2.00. The van der Waals surface area contributed by atoms with Crippen LogP contribution in [0.15, 0.2) is 28.6 Å². The Morgan fingerprint density at radius 3 is 2.76 bits per heavy atom. The minimum absolute atomic E-state index is 0.557. The Kier molecular flexibility index (Phi) is 3.30. The van der Waals surface area contributed by atoms with Crippen molar-refractivity contribution in [3.8, 4) is 6.07 Å². The zero-order chi connectivity index (χ0) is 12.3. The molecule has 0 bridgehead atoms. The molecule has 0 unspecified atom stereocenters. The second kappa shape index (κ2) is 4.89. The lowest BCUT2D eigenvalue weighted by atomic mass is 10.1. The highest BCUT2D eigenvalue weighted by atomic mass is 32.2. The van der Waals surface area contributed by atoms with Gasteiger partial charge in [-0.05, 0) is 37.2 Å². The summed E-state index contributed by atoms with van der Waals surface area (Å²) in [5.74, 6) is 0.